The Morgan fingerprint density at radius 3 is 2.92 bits per heavy atom. The number of furan rings is 1. The number of carbonyl (C=O) groups is 1. The summed E-state index contributed by atoms with van der Waals surface area (Å²) in [7, 11) is 0. The molecule has 2 aromatic rings. The summed E-state index contributed by atoms with van der Waals surface area (Å²) >= 11 is 0. The average Bonchev–Trinajstić information content (AvgIpc) is 3.12. The molecule has 128 valence electrons. The molecular formula is C18H24N4O2. The Morgan fingerprint density at radius 1 is 1.38 bits per heavy atom. The lowest BCUT2D eigenvalue weighted by molar-refractivity contribution is 0.0909. The van der Waals surface area contributed by atoms with Crippen LogP contribution in [0.15, 0.2) is 28.9 Å². The second-order valence-electron chi connectivity index (χ2n) is 6.82. The van der Waals surface area contributed by atoms with Crippen LogP contribution in [0.3, 0.4) is 0 Å². The first-order valence-corrected chi connectivity index (χ1v) is 8.92. The lowest BCUT2D eigenvalue weighted by atomic mass is 10.1. The Bertz CT molecular complexity index is 669. The fourth-order valence-electron chi connectivity index (χ4n) is 3.46. The first-order valence-electron chi connectivity index (χ1n) is 8.92. The number of nitrogens with one attached hydrogen (secondary N) is 2. The number of hydrogen-bond donors (Lipinski definition) is 2. The average molecular weight is 328 g/mol. The number of nitrogens with zero attached hydrogens (tertiary/aromatic N) is 2. The van der Waals surface area contributed by atoms with E-state index in [1.54, 1.807) is 6.26 Å². The minimum Gasteiger partial charge on any atom is -0.468 e. The van der Waals surface area contributed by atoms with Gasteiger partial charge in [-0.25, -0.2) is 0 Å². The molecule has 0 bridgehead atoms. The molecule has 3 heterocycles. The number of amides is 1. The maximum absolute atomic E-state index is 12.4. The van der Waals surface area contributed by atoms with Crippen LogP contribution in [0.2, 0.25) is 0 Å². The topological polar surface area (TPSA) is 74.2 Å². The van der Waals surface area contributed by atoms with Crippen LogP contribution in [0.4, 0.5) is 0 Å². The van der Waals surface area contributed by atoms with Gasteiger partial charge in [0.25, 0.3) is 5.91 Å². The molecule has 6 heteroatoms. The van der Waals surface area contributed by atoms with E-state index in [0.29, 0.717) is 18.2 Å². The summed E-state index contributed by atoms with van der Waals surface area (Å²) in [5, 5.41) is 10.2. The van der Waals surface area contributed by atoms with Crippen molar-refractivity contribution >= 4 is 5.91 Å². The number of aromatic nitrogens is 2. The Morgan fingerprint density at radius 2 is 2.21 bits per heavy atom. The molecular weight excluding hydrogens is 304 g/mol. The van der Waals surface area contributed by atoms with E-state index in [-0.39, 0.29) is 11.9 Å². The van der Waals surface area contributed by atoms with Gasteiger partial charge in [0.1, 0.15) is 11.5 Å². The molecule has 0 spiro atoms. The summed E-state index contributed by atoms with van der Waals surface area (Å²) in [5.41, 5.74) is 1.56. The van der Waals surface area contributed by atoms with Crippen molar-refractivity contribution in [2.45, 2.75) is 44.1 Å². The van der Waals surface area contributed by atoms with Crippen LogP contribution < -0.4 is 5.32 Å². The quantitative estimate of drug-likeness (QED) is 0.855. The Balaban J connectivity index is 1.41. The van der Waals surface area contributed by atoms with Crippen LogP contribution in [0.25, 0.3) is 0 Å². The van der Waals surface area contributed by atoms with Crippen LogP contribution >= 0.6 is 0 Å². The fraction of sp³-hybridized carbons (Fsp3) is 0.556. The third-order valence-electron chi connectivity index (χ3n) is 5.01. The first-order chi connectivity index (χ1) is 11.8. The number of rotatable bonds is 6. The largest absolute Gasteiger partial charge is 0.468 e. The maximum Gasteiger partial charge on any atom is 0.271 e. The van der Waals surface area contributed by atoms with E-state index in [1.165, 1.54) is 32.1 Å². The highest BCUT2D eigenvalue weighted by Crippen LogP contribution is 2.39. The van der Waals surface area contributed by atoms with Gasteiger partial charge in [-0.15, -0.1) is 0 Å². The van der Waals surface area contributed by atoms with E-state index in [0.717, 1.165) is 24.5 Å². The third kappa shape index (κ3) is 3.38. The monoisotopic (exact) mass is 328 g/mol. The van der Waals surface area contributed by atoms with Crippen LogP contribution in [-0.4, -0.2) is 40.6 Å². The first kappa shape index (κ1) is 15.4. The van der Waals surface area contributed by atoms with Gasteiger partial charge in [-0.3, -0.25) is 14.8 Å². The van der Waals surface area contributed by atoms with Crippen LogP contribution in [0, 0.1) is 0 Å². The number of likely N-dealkylation sites (tertiary alicyclic amines) is 1. The summed E-state index contributed by atoms with van der Waals surface area (Å²) in [6.45, 7) is 2.64. The molecule has 1 saturated carbocycles. The van der Waals surface area contributed by atoms with Gasteiger partial charge < -0.3 is 9.73 Å². The molecule has 2 aliphatic rings. The second-order valence-corrected chi connectivity index (χ2v) is 6.82. The minimum atomic E-state index is -0.119. The van der Waals surface area contributed by atoms with Crippen molar-refractivity contribution in [1.29, 1.82) is 0 Å². The van der Waals surface area contributed by atoms with Crippen LogP contribution in [0.5, 0.6) is 0 Å². The van der Waals surface area contributed by atoms with Crippen molar-refractivity contribution < 1.29 is 9.21 Å². The summed E-state index contributed by atoms with van der Waals surface area (Å²) < 4.78 is 5.62. The number of piperidine rings is 1. The molecule has 1 aliphatic heterocycles. The summed E-state index contributed by atoms with van der Waals surface area (Å²) in [4.78, 5) is 14.8. The molecule has 2 aromatic heterocycles. The standard InChI is InChI=1S/C18H24N4O2/c23-18(15-11-14(20-21-15)13-6-7-13)19-12-16(17-5-4-10-24-17)22-8-2-1-3-9-22/h4-5,10-11,13,16H,1-3,6-9,12H2,(H,19,23)(H,20,21)/t16-/m1/s1. The Kier molecular flexibility index (Phi) is 4.38. The maximum atomic E-state index is 12.4. The Hall–Kier alpha value is -2.08. The van der Waals surface area contributed by atoms with Crippen molar-refractivity contribution in [2.24, 2.45) is 0 Å². The van der Waals surface area contributed by atoms with Gasteiger partial charge in [0.15, 0.2) is 0 Å². The number of carbonyl (C=O) groups excluding carboxylic acids is 1. The number of aromatic amines is 1. The van der Waals surface area contributed by atoms with Gasteiger partial charge in [0.05, 0.1) is 12.3 Å². The van der Waals surface area contributed by atoms with Gasteiger partial charge in [0.2, 0.25) is 0 Å². The van der Waals surface area contributed by atoms with Gasteiger partial charge in [0, 0.05) is 18.2 Å². The molecule has 0 aromatic carbocycles. The zero-order valence-corrected chi connectivity index (χ0v) is 13.8. The van der Waals surface area contributed by atoms with Crippen LogP contribution in [-0.2, 0) is 0 Å². The van der Waals surface area contributed by atoms with Gasteiger partial charge >= 0.3 is 0 Å². The normalized spacial score (nSPS) is 20.0. The van der Waals surface area contributed by atoms with E-state index in [9.17, 15) is 4.79 Å². The lowest BCUT2D eigenvalue weighted by Gasteiger charge is -2.33. The lowest BCUT2D eigenvalue weighted by Crippen LogP contribution is -2.40. The second kappa shape index (κ2) is 6.81. The summed E-state index contributed by atoms with van der Waals surface area (Å²) in [5.74, 6) is 1.37. The molecule has 2 fully saturated rings. The molecule has 24 heavy (non-hydrogen) atoms. The molecule has 0 unspecified atom stereocenters. The van der Waals surface area contributed by atoms with Gasteiger partial charge in [-0.1, -0.05) is 6.42 Å². The van der Waals surface area contributed by atoms with Crippen molar-refractivity contribution in [1.82, 2.24) is 20.4 Å². The van der Waals surface area contributed by atoms with E-state index in [4.69, 9.17) is 4.42 Å². The summed E-state index contributed by atoms with van der Waals surface area (Å²) in [6.07, 6.45) is 7.77. The number of hydrogen-bond acceptors (Lipinski definition) is 4. The van der Waals surface area contributed by atoms with E-state index in [2.05, 4.69) is 20.4 Å². The highest BCUT2D eigenvalue weighted by Gasteiger charge is 2.28. The minimum absolute atomic E-state index is 0.0890. The smallest absolute Gasteiger partial charge is 0.271 e. The molecule has 1 aliphatic carbocycles. The van der Waals surface area contributed by atoms with E-state index >= 15 is 0 Å². The van der Waals surface area contributed by atoms with Crippen LogP contribution in [0.1, 0.15) is 66.0 Å². The highest BCUT2D eigenvalue weighted by molar-refractivity contribution is 5.92. The SMILES string of the molecule is O=C(NC[C@H](c1ccco1)N1CCCCC1)c1cc(C2CC2)[nH]n1. The number of H-pyrrole nitrogens is 1. The molecule has 0 radical (unpaired) electrons. The highest BCUT2D eigenvalue weighted by atomic mass is 16.3. The van der Waals surface area contributed by atoms with Crippen molar-refractivity contribution in [2.75, 3.05) is 19.6 Å². The van der Waals surface area contributed by atoms with Gasteiger partial charge in [-0.2, -0.15) is 5.10 Å². The molecule has 1 atom stereocenters. The Labute approximate surface area is 141 Å². The van der Waals surface area contributed by atoms with Crippen molar-refractivity contribution in [3.63, 3.8) is 0 Å². The fourth-order valence-corrected chi connectivity index (χ4v) is 3.46. The van der Waals surface area contributed by atoms with Crippen molar-refractivity contribution in [3.05, 3.63) is 41.6 Å². The molecule has 1 saturated heterocycles. The third-order valence-corrected chi connectivity index (χ3v) is 5.01. The van der Waals surface area contributed by atoms with E-state index in [1.807, 2.05) is 18.2 Å². The zero-order chi connectivity index (χ0) is 16.4. The predicted octanol–water partition coefficient (Wildman–Crippen LogP) is 2.84. The molecule has 2 N–H and O–H groups in total. The predicted molar refractivity (Wildman–Crippen MR) is 89.8 cm³/mol. The van der Waals surface area contributed by atoms with Crippen molar-refractivity contribution in [3.8, 4) is 0 Å². The molecule has 1 amide bonds. The zero-order valence-electron chi connectivity index (χ0n) is 13.8. The summed E-state index contributed by atoms with van der Waals surface area (Å²) in [6, 6.07) is 5.87. The van der Waals surface area contributed by atoms with E-state index < -0.39 is 0 Å². The molecule has 6 nitrogen and oxygen atoms in total. The molecule has 4 rings (SSSR count). The van der Waals surface area contributed by atoms with Gasteiger partial charge in [-0.05, 0) is 57.0 Å².